The topological polar surface area (TPSA) is 136 Å². The molecule has 1 aliphatic rings. The lowest BCUT2D eigenvalue weighted by Gasteiger charge is -2.22. The zero-order chi connectivity index (χ0) is 24.4. The van der Waals surface area contributed by atoms with Crippen LogP contribution in [0.25, 0.3) is 5.76 Å². The Bertz CT molecular complexity index is 1320. The number of non-ortho nitro benzene ring substituents is 1. The van der Waals surface area contributed by atoms with Crippen LogP contribution in [0.15, 0.2) is 77.3 Å². The van der Waals surface area contributed by atoms with E-state index in [1.807, 2.05) is 0 Å². The van der Waals surface area contributed by atoms with Gasteiger partial charge in [-0.15, -0.1) is 0 Å². The Kier molecular flexibility index (Phi) is 5.96. The fourth-order valence-electron chi connectivity index (χ4n) is 3.68. The molecule has 0 radical (unpaired) electrons. The Balaban J connectivity index is 1.87. The van der Waals surface area contributed by atoms with Crippen LogP contribution in [0.2, 0.25) is 0 Å². The molecule has 3 aromatic rings. The summed E-state index contributed by atoms with van der Waals surface area (Å²) >= 11 is 0. The highest BCUT2D eigenvalue weighted by Gasteiger charge is 2.48. The van der Waals surface area contributed by atoms with Gasteiger partial charge in [-0.1, -0.05) is 29.9 Å². The zero-order valence-electron chi connectivity index (χ0n) is 18.0. The molecule has 0 spiro atoms. The highest BCUT2D eigenvalue weighted by molar-refractivity contribution is 6.51. The highest BCUT2D eigenvalue weighted by atomic mass is 16.6. The summed E-state index contributed by atoms with van der Waals surface area (Å²) in [5.41, 5.74) is 0.0475. The fraction of sp³-hybridized carbons (Fsp3) is 0.125. The summed E-state index contributed by atoms with van der Waals surface area (Å²) < 4.78 is 10.5. The second-order valence-corrected chi connectivity index (χ2v) is 7.44. The monoisotopic (exact) mass is 461 g/mol. The van der Waals surface area contributed by atoms with Crippen molar-refractivity contribution < 1.29 is 28.9 Å². The molecule has 0 saturated carbocycles. The number of aliphatic hydroxyl groups excluding tert-OH is 1. The molecule has 1 unspecified atom stereocenters. The number of ketones is 1. The highest BCUT2D eigenvalue weighted by Crippen LogP contribution is 2.42. The van der Waals surface area contributed by atoms with E-state index < -0.39 is 28.4 Å². The molecule has 1 aliphatic heterocycles. The molecule has 2 heterocycles. The Morgan fingerprint density at radius 1 is 1.26 bits per heavy atom. The summed E-state index contributed by atoms with van der Waals surface area (Å²) in [6.07, 6.45) is 1.58. The molecule has 10 heteroatoms. The van der Waals surface area contributed by atoms with Gasteiger partial charge >= 0.3 is 5.91 Å². The number of nitro groups is 1. The number of benzene rings is 2. The molecular formula is C24H19N3O7. The molecule has 1 amide bonds. The number of nitrogens with zero attached hydrogens (tertiary/aromatic N) is 3. The van der Waals surface area contributed by atoms with Crippen LogP contribution in [0.4, 0.5) is 11.5 Å². The minimum atomic E-state index is -1.17. The normalized spacial score (nSPS) is 17.1. The van der Waals surface area contributed by atoms with E-state index in [9.17, 15) is 24.8 Å². The van der Waals surface area contributed by atoms with Crippen molar-refractivity contribution in [1.82, 2.24) is 5.16 Å². The van der Waals surface area contributed by atoms with Gasteiger partial charge in [0.05, 0.1) is 16.5 Å². The van der Waals surface area contributed by atoms with E-state index in [1.165, 1.54) is 42.5 Å². The minimum Gasteiger partial charge on any atom is -0.507 e. The van der Waals surface area contributed by atoms with Gasteiger partial charge in [-0.3, -0.25) is 24.6 Å². The van der Waals surface area contributed by atoms with E-state index in [-0.39, 0.29) is 28.2 Å². The van der Waals surface area contributed by atoms with E-state index in [4.69, 9.17) is 9.26 Å². The standard InChI is InChI=1S/C24H19N3O7/c1-3-11-33-18-9-7-15(8-10-18)22(28)20-21(16-5-4-6-17(13-16)27(31)32)26(24(30)23(20)29)19-12-14(2)34-25-19/h3-10,12-13,21,28H,1,11H2,2H3/b22-20+. The number of carbonyl (C=O) groups is 2. The summed E-state index contributed by atoms with van der Waals surface area (Å²) in [6, 6.07) is 12.1. The molecule has 1 saturated heterocycles. The third kappa shape index (κ3) is 4.04. The van der Waals surface area contributed by atoms with Crippen LogP contribution in [0.3, 0.4) is 0 Å². The number of aromatic nitrogens is 1. The number of hydrogen-bond donors (Lipinski definition) is 1. The van der Waals surface area contributed by atoms with Crippen molar-refractivity contribution in [3.63, 3.8) is 0 Å². The average Bonchev–Trinajstić information content (AvgIpc) is 3.38. The summed E-state index contributed by atoms with van der Waals surface area (Å²) in [4.78, 5) is 37.9. The number of anilines is 1. The minimum absolute atomic E-state index is 0.0447. The quantitative estimate of drug-likeness (QED) is 0.139. The number of carbonyl (C=O) groups excluding carboxylic acids is 2. The van der Waals surface area contributed by atoms with Gasteiger partial charge in [-0.05, 0) is 36.8 Å². The number of Topliss-reactive ketones (excluding diaryl/α,β-unsaturated/α-hetero) is 1. The molecule has 172 valence electrons. The van der Waals surface area contributed by atoms with Crippen LogP contribution in [0.1, 0.15) is 22.9 Å². The van der Waals surface area contributed by atoms with E-state index in [0.29, 0.717) is 18.1 Å². The van der Waals surface area contributed by atoms with Gasteiger partial charge in [0.2, 0.25) is 0 Å². The Labute approximate surface area is 193 Å². The predicted molar refractivity (Wildman–Crippen MR) is 121 cm³/mol. The van der Waals surface area contributed by atoms with Crippen molar-refractivity contribution in [2.45, 2.75) is 13.0 Å². The Morgan fingerprint density at radius 3 is 2.62 bits per heavy atom. The van der Waals surface area contributed by atoms with Crippen LogP contribution in [-0.4, -0.2) is 33.5 Å². The number of amides is 1. The number of aliphatic hydroxyl groups is 1. The van der Waals surface area contributed by atoms with Crippen LogP contribution in [0, 0.1) is 17.0 Å². The lowest BCUT2D eigenvalue weighted by atomic mass is 9.95. The maximum absolute atomic E-state index is 13.1. The first-order chi connectivity index (χ1) is 16.3. The van der Waals surface area contributed by atoms with E-state index in [1.54, 1.807) is 25.1 Å². The number of hydrogen-bond acceptors (Lipinski definition) is 8. The van der Waals surface area contributed by atoms with Crippen molar-refractivity contribution in [3.05, 3.63) is 99.8 Å². The van der Waals surface area contributed by atoms with Gasteiger partial charge in [0, 0.05) is 23.8 Å². The largest absolute Gasteiger partial charge is 0.507 e. The predicted octanol–water partition coefficient (Wildman–Crippen LogP) is 4.08. The van der Waals surface area contributed by atoms with Crippen LogP contribution < -0.4 is 9.64 Å². The third-order valence-corrected chi connectivity index (χ3v) is 5.20. The summed E-state index contributed by atoms with van der Waals surface area (Å²) in [7, 11) is 0. The van der Waals surface area contributed by atoms with Crippen molar-refractivity contribution in [3.8, 4) is 5.75 Å². The second kappa shape index (κ2) is 9.02. The Hall–Kier alpha value is -4.73. The van der Waals surface area contributed by atoms with Gasteiger partial charge in [-0.2, -0.15) is 0 Å². The lowest BCUT2D eigenvalue weighted by molar-refractivity contribution is -0.384. The molecule has 0 bridgehead atoms. The second-order valence-electron chi connectivity index (χ2n) is 7.44. The fourth-order valence-corrected chi connectivity index (χ4v) is 3.68. The van der Waals surface area contributed by atoms with Crippen molar-refractivity contribution in [1.29, 1.82) is 0 Å². The SMILES string of the molecule is C=CCOc1ccc(/C(O)=C2\C(=O)C(=O)N(c3cc(C)on3)C2c2cccc([N+](=O)[O-])c2)cc1. The van der Waals surface area contributed by atoms with Crippen molar-refractivity contribution in [2.24, 2.45) is 0 Å². The molecule has 1 N–H and O–H groups in total. The van der Waals surface area contributed by atoms with Crippen LogP contribution in [0.5, 0.6) is 5.75 Å². The van der Waals surface area contributed by atoms with Gasteiger partial charge in [0.1, 0.15) is 23.9 Å². The van der Waals surface area contributed by atoms with E-state index in [0.717, 1.165) is 4.90 Å². The van der Waals surface area contributed by atoms with Crippen molar-refractivity contribution >= 4 is 29.0 Å². The average molecular weight is 461 g/mol. The molecule has 1 atom stereocenters. The smallest absolute Gasteiger partial charge is 0.301 e. The summed E-state index contributed by atoms with van der Waals surface area (Å²) in [5, 5.41) is 26.3. The first kappa shape index (κ1) is 22.5. The number of ether oxygens (including phenoxy) is 1. The van der Waals surface area contributed by atoms with Crippen molar-refractivity contribution in [2.75, 3.05) is 11.5 Å². The molecular weight excluding hydrogens is 442 g/mol. The van der Waals surface area contributed by atoms with Gasteiger partial charge in [0.15, 0.2) is 5.82 Å². The molecule has 2 aromatic carbocycles. The maximum Gasteiger partial charge on any atom is 0.301 e. The van der Waals surface area contributed by atoms with Crippen LogP contribution in [-0.2, 0) is 9.59 Å². The van der Waals surface area contributed by atoms with Gasteiger partial charge in [0.25, 0.3) is 11.5 Å². The summed E-state index contributed by atoms with van der Waals surface area (Å²) in [6.45, 7) is 5.49. The molecule has 10 nitrogen and oxygen atoms in total. The molecule has 1 aromatic heterocycles. The number of rotatable bonds is 7. The number of nitro benzene ring substituents is 1. The molecule has 34 heavy (non-hydrogen) atoms. The molecule has 4 rings (SSSR count). The first-order valence-corrected chi connectivity index (χ1v) is 10.1. The lowest BCUT2D eigenvalue weighted by Crippen LogP contribution is -2.29. The van der Waals surface area contributed by atoms with E-state index >= 15 is 0 Å². The van der Waals surface area contributed by atoms with E-state index in [2.05, 4.69) is 11.7 Å². The zero-order valence-corrected chi connectivity index (χ0v) is 18.0. The van der Waals surface area contributed by atoms with Gasteiger partial charge < -0.3 is 14.4 Å². The third-order valence-electron chi connectivity index (χ3n) is 5.20. The van der Waals surface area contributed by atoms with Crippen LogP contribution >= 0.6 is 0 Å². The summed E-state index contributed by atoms with van der Waals surface area (Å²) in [5.74, 6) is -1.38. The van der Waals surface area contributed by atoms with Gasteiger partial charge in [-0.25, -0.2) is 0 Å². The first-order valence-electron chi connectivity index (χ1n) is 10.1. The molecule has 0 aliphatic carbocycles. The number of aryl methyl sites for hydroxylation is 1. The molecule has 1 fully saturated rings. The maximum atomic E-state index is 13.1. The Morgan fingerprint density at radius 2 is 2.00 bits per heavy atom.